The van der Waals surface area contributed by atoms with Crippen molar-refractivity contribution in [3.63, 3.8) is 0 Å². The van der Waals surface area contributed by atoms with Gasteiger partial charge in [0, 0.05) is 12.1 Å². The molecule has 2 N–H and O–H groups in total. The normalized spacial score (nSPS) is 10.3. The van der Waals surface area contributed by atoms with Gasteiger partial charge in [0.1, 0.15) is 5.82 Å². The van der Waals surface area contributed by atoms with Gasteiger partial charge in [-0.1, -0.05) is 30.3 Å². The molecule has 3 rings (SSSR count). The van der Waals surface area contributed by atoms with Gasteiger partial charge < -0.3 is 10.6 Å². The lowest BCUT2D eigenvalue weighted by Gasteiger charge is -2.07. The quantitative estimate of drug-likeness (QED) is 0.744. The highest BCUT2D eigenvalue weighted by Crippen LogP contribution is 2.12. The van der Waals surface area contributed by atoms with E-state index in [1.165, 1.54) is 6.07 Å². The SMILES string of the molecule is O=C(Nc1ccc(NCc2ccccc2)nn1)c1ccc(F)c(F)c1. The summed E-state index contributed by atoms with van der Waals surface area (Å²) in [6.07, 6.45) is 0. The van der Waals surface area contributed by atoms with Crippen LogP contribution in [-0.4, -0.2) is 16.1 Å². The van der Waals surface area contributed by atoms with Crippen LogP contribution in [-0.2, 0) is 6.54 Å². The molecule has 2 aromatic carbocycles. The molecule has 1 amide bonds. The van der Waals surface area contributed by atoms with E-state index in [1.807, 2.05) is 30.3 Å². The van der Waals surface area contributed by atoms with Crippen LogP contribution in [0, 0.1) is 11.6 Å². The van der Waals surface area contributed by atoms with Crippen molar-refractivity contribution >= 4 is 17.5 Å². The monoisotopic (exact) mass is 340 g/mol. The molecule has 0 aliphatic heterocycles. The van der Waals surface area contributed by atoms with Crippen LogP contribution in [0.3, 0.4) is 0 Å². The molecule has 0 atom stereocenters. The van der Waals surface area contributed by atoms with E-state index in [2.05, 4.69) is 20.8 Å². The number of nitrogens with zero attached hydrogens (tertiary/aromatic N) is 2. The van der Waals surface area contributed by atoms with Crippen LogP contribution in [0.25, 0.3) is 0 Å². The van der Waals surface area contributed by atoms with Gasteiger partial charge in [0.05, 0.1) is 0 Å². The third-order valence-electron chi connectivity index (χ3n) is 3.40. The van der Waals surface area contributed by atoms with Crippen molar-refractivity contribution in [2.45, 2.75) is 6.54 Å². The van der Waals surface area contributed by atoms with Crippen LogP contribution in [0.2, 0.25) is 0 Å². The maximum absolute atomic E-state index is 13.2. The number of aromatic nitrogens is 2. The first-order chi connectivity index (χ1) is 12.1. The average Bonchev–Trinajstić information content (AvgIpc) is 2.64. The molecule has 0 saturated heterocycles. The Morgan fingerprint density at radius 3 is 2.28 bits per heavy atom. The maximum Gasteiger partial charge on any atom is 0.256 e. The molecule has 0 saturated carbocycles. The van der Waals surface area contributed by atoms with Gasteiger partial charge in [-0.05, 0) is 35.9 Å². The van der Waals surface area contributed by atoms with Gasteiger partial charge in [-0.3, -0.25) is 4.79 Å². The van der Waals surface area contributed by atoms with E-state index in [0.717, 1.165) is 17.7 Å². The number of hydrogen-bond acceptors (Lipinski definition) is 4. The van der Waals surface area contributed by atoms with E-state index < -0.39 is 17.5 Å². The van der Waals surface area contributed by atoms with E-state index in [4.69, 9.17) is 0 Å². The summed E-state index contributed by atoms with van der Waals surface area (Å²) in [5, 5.41) is 13.4. The summed E-state index contributed by atoms with van der Waals surface area (Å²) in [4.78, 5) is 12.0. The third kappa shape index (κ3) is 4.35. The summed E-state index contributed by atoms with van der Waals surface area (Å²) in [7, 11) is 0. The van der Waals surface area contributed by atoms with Gasteiger partial charge in [0.2, 0.25) is 0 Å². The van der Waals surface area contributed by atoms with Crippen molar-refractivity contribution in [1.82, 2.24) is 10.2 Å². The zero-order chi connectivity index (χ0) is 17.6. The van der Waals surface area contributed by atoms with Crippen molar-refractivity contribution in [2.75, 3.05) is 10.6 Å². The summed E-state index contributed by atoms with van der Waals surface area (Å²) >= 11 is 0. The fourth-order valence-corrected chi connectivity index (χ4v) is 2.11. The molecule has 0 fully saturated rings. The van der Waals surface area contributed by atoms with Crippen LogP contribution in [0.4, 0.5) is 20.4 Å². The molecule has 0 aliphatic rings. The van der Waals surface area contributed by atoms with Crippen molar-refractivity contribution in [2.24, 2.45) is 0 Å². The molecule has 25 heavy (non-hydrogen) atoms. The molecule has 3 aromatic rings. The Morgan fingerprint density at radius 1 is 0.880 bits per heavy atom. The number of halogens is 2. The van der Waals surface area contributed by atoms with E-state index in [0.29, 0.717) is 12.4 Å². The lowest BCUT2D eigenvalue weighted by Crippen LogP contribution is -2.14. The van der Waals surface area contributed by atoms with Gasteiger partial charge in [-0.15, -0.1) is 10.2 Å². The van der Waals surface area contributed by atoms with Crippen LogP contribution in [0.5, 0.6) is 0 Å². The molecule has 0 aliphatic carbocycles. The molecule has 5 nitrogen and oxygen atoms in total. The molecule has 0 radical (unpaired) electrons. The standard InChI is InChI=1S/C18H14F2N4O/c19-14-7-6-13(10-15(14)20)18(25)22-17-9-8-16(23-24-17)21-11-12-4-2-1-3-5-12/h1-10H,11H2,(H,21,23)(H,22,24,25). The minimum absolute atomic E-state index is 0.00743. The lowest BCUT2D eigenvalue weighted by molar-refractivity contribution is 0.102. The molecular formula is C18H14F2N4O. The van der Waals surface area contributed by atoms with E-state index in [-0.39, 0.29) is 11.4 Å². The molecule has 1 heterocycles. The Morgan fingerprint density at radius 2 is 1.60 bits per heavy atom. The second-order valence-corrected chi connectivity index (χ2v) is 5.23. The number of amides is 1. The highest BCUT2D eigenvalue weighted by molar-refractivity contribution is 6.03. The molecule has 0 unspecified atom stereocenters. The second-order valence-electron chi connectivity index (χ2n) is 5.23. The minimum Gasteiger partial charge on any atom is -0.365 e. The first kappa shape index (κ1) is 16.5. The summed E-state index contributed by atoms with van der Waals surface area (Å²) in [5.74, 6) is -1.93. The number of carbonyl (C=O) groups excluding carboxylic acids is 1. The molecule has 0 spiro atoms. The lowest BCUT2D eigenvalue weighted by atomic mass is 10.2. The predicted molar refractivity (Wildman–Crippen MR) is 90.1 cm³/mol. The average molecular weight is 340 g/mol. The van der Waals surface area contributed by atoms with Gasteiger partial charge in [-0.2, -0.15) is 0 Å². The Balaban J connectivity index is 1.60. The number of benzene rings is 2. The number of nitrogens with one attached hydrogen (secondary N) is 2. The molecule has 126 valence electrons. The minimum atomic E-state index is -1.08. The Hall–Kier alpha value is -3.35. The van der Waals surface area contributed by atoms with Gasteiger partial charge in [-0.25, -0.2) is 8.78 Å². The van der Waals surface area contributed by atoms with Gasteiger partial charge >= 0.3 is 0 Å². The van der Waals surface area contributed by atoms with Crippen molar-refractivity contribution in [3.05, 3.63) is 83.4 Å². The van der Waals surface area contributed by atoms with Crippen molar-refractivity contribution < 1.29 is 13.6 Å². The van der Waals surface area contributed by atoms with Crippen LogP contribution < -0.4 is 10.6 Å². The van der Waals surface area contributed by atoms with Gasteiger partial charge in [0.25, 0.3) is 5.91 Å². The zero-order valence-electron chi connectivity index (χ0n) is 13.0. The summed E-state index contributed by atoms with van der Waals surface area (Å²) in [6.45, 7) is 0.593. The van der Waals surface area contributed by atoms with Crippen LogP contribution in [0.15, 0.2) is 60.7 Å². The third-order valence-corrected chi connectivity index (χ3v) is 3.40. The summed E-state index contributed by atoms with van der Waals surface area (Å²) < 4.78 is 26.1. The number of anilines is 2. The number of rotatable bonds is 5. The highest BCUT2D eigenvalue weighted by atomic mass is 19.2. The van der Waals surface area contributed by atoms with Crippen LogP contribution >= 0.6 is 0 Å². The number of hydrogen-bond donors (Lipinski definition) is 2. The Labute approximate surface area is 142 Å². The Kier molecular flexibility index (Phi) is 4.94. The summed E-state index contributed by atoms with van der Waals surface area (Å²) in [5.41, 5.74) is 1.09. The molecule has 0 bridgehead atoms. The first-order valence-corrected chi connectivity index (χ1v) is 7.50. The van der Waals surface area contributed by atoms with E-state index >= 15 is 0 Å². The topological polar surface area (TPSA) is 66.9 Å². The fourth-order valence-electron chi connectivity index (χ4n) is 2.11. The number of carbonyl (C=O) groups is 1. The molecule has 7 heteroatoms. The molecule has 1 aromatic heterocycles. The van der Waals surface area contributed by atoms with E-state index in [9.17, 15) is 13.6 Å². The highest BCUT2D eigenvalue weighted by Gasteiger charge is 2.10. The Bertz CT molecular complexity index is 870. The van der Waals surface area contributed by atoms with Crippen molar-refractivity contribution in [3.8, 4) is 0 Å². The van der Waals surface area contributed by atoms with Gasteiger partial charge in [0.15, 0.2) is 17.5 Å². The first-order valence-electron chi connectivity index (χ1n) is 7.50. The zero-order valence-corrected chi connectivity index (χ0v) is 13.0. The maximum atomic E-state index is 13.2. The van der Waals surface area contributed by atoms with Crippen molar-refractivity contribution in [1.29, 1.82) is 0 Å². The largest absolute Gasteiger partial charge is 0.365 e. The van der Waals surface area contributed by atoms with E-state index in [1.54, 1.807) is 12.1 Å². The second kappa shape index (κ2) is 7.48. The fraction of sp³-hybridized carbons (Fsp3) is 0.0556. The summed E-state index contributed by atoms with van der Waals surface area (Å²) in [6, 6.07) is 15.9. The molecular weight excluding hydrogens is 326 g/mol. The smallest absolute Gasteiger partial charge is 0.256 e. The predicted octanol–water partition coefficient (Wildman–Crippen LogP) is 3.62. The van der Waals surface area contributed by atoms with Crippen LogP contribution in [0.1, 0.15) is 15.9 Å².